The van der Waals surface area contributed by atoms with E-state index in [2.05, 4.69) is 20.5 Å². The van der Waals surface area contributed by atoms with E-state index >= 15 is 0 Å². The Hall–Kier alpha value is -1.31. The van der Waals surface area contributed by atoms with Crippen molar-refractivity contribution in [2.45, 2.75) is 6.18 Å². The Morgan fingerprint density at radius 3 is 2.35 bits per heavy atom. The van der Waals surface area contributed by atoms with Crippen LogP contribution in [-0.4, -0.2) is 15.2 Å². The SMILES string of the molecule is FC(F)(F)c1ccc(Nc2nc(Cl)nnc2Cl)c(Cl)c1. The molecule has 2 aromatic rings. The molecule has 106 valence electrons. The normalized spacial score (nSPS) is 11.5. The van der Waals surface area contributed by atoms with Crippen LogP contribution >= 0.6 is 34.8 Å². The fraction of sp³-hybridized carbons (Fsp3) is 0.100. The lowest BCUT2D eigenvalue weighted by Gasteiger charge is -2.11. The van der Waals surface area contributed by atoms with Crippen molar-refractivity contribution in [2.75, 3.05) is 5.32 Å². The zero-order valence-corrected chi connectivity index (χ0v) is 11.6. The van der Waals surface area contributed by atoms with E-state index in [0.29, 0.717) is 0 Å². The number of nitrogens with one attached hydrogen (secondary N) is 1. The molecule has 0 radical (unpaired) electrons. The third kappa shape index (κ3) is 3.41. The molecule has 0 spiro atoms. The lowest BCUT2D eigenvalue weighted by atomic mass is 10.2. The summed E-state index contributed by atoms with van der Waals surface area (Å²) in [6.07, 6.45) is -4.47. The van der Waals surface area contributed by atoms with Gasteiger partial charge in [0.2, 0.25) is 5.28 Å². The van der Waals surface area contributed by atoms with Gasteiger partial charge >= 0.3 is 6.18 Å². The van der Waals surface area contributed by atoms with Crippen LogP contribution in [0.25, 0.3) is 0 Å². The van der Waals surface area contributed by atoms with E-state index in [9.17, 15) is 13.2 Å². The first-order chi connectivity index (χ1) is 9.27. The van der Waals surface area contributed by atoms with Crippen molar-refractivity contribution in [3.8, 4) is 0 Å². The Morgan fingerprint density at radius 2 is 1.75 bits per heavy atom. The van der Waals surface area contributed by atoms with Gasteiger partial charge in [0.15, 0.2) is 11.0 Å². The summed E-state index contributed by atoms with van der Waals surface area (Å²) in [4.78, 5) is 3.75. The molecule has 2 rings (SSSR count). The summed E-state index contributed by atoms with van der Waals surface area (Å²) < 4.78 is 37.5. The maximum Gasteiger partial charge on any atom is 0.416 e. The van der Waals surface area contributed by atoms with Gasteiger partial charge in [-0.2, -0.15) is 18.2 Å². The van der Waals surface area contributed by atoms with Crippen molar-refractivity contribution in [2.24, 2.45) is 0 Å². The van der Waals surface area contributed by atoms with Crippen molar-refractivity contribution in [3.63, 3.8) is 0 Å². The third-order valence-electron chi connectivity index (χ3n) is 2.17. The van der Waals surface area contributed by atoms with Gasteiger partial charge in [-0.15, -0.1) is 10.2 Å². The second-order valence-corrected chi connectivity index (χ2v) is 4.64. The molecule has 0 amide bonds. The number of rotatable bonds is 2. The Balaban J connectivity index is 2.33. The smallest absolute Gasteiger partial charge is 0.336 e. The van der Waals surface area contributed by atoms with E-state index in [0.717, 1.165) is 18.2 Å². The van der Waals surface area contributed by atoms with E-state index in [4.69, 9.17) is 34.8 Å². The molecule has 0 aliphatic carbocycles. The van der Waals surface area contributed by atoms with Crippen LogP contribution in [0.2, 0.25) is 15.5 Å². The summed E-state index contributed by atoms with van der Waals surface area (Å²) >= 11 is 17.0. The second-order valence-electron chi connectivity index (χ2n) is 3.54. The molecule has 0 atom stereocenters. The summed E-state index contributed by atoms with van der Waals surface area (Å²) in [6, 6.07) is 2.81. The van der Waals surface area contributed by atoms with Crippen LogP contribution in [0.1, 0.15) is 5.56 Å². The van der Waals surface area contributed by atoms with E-state index in [1.165, 1.54) is 0 Å². The van der Waals surface area contributed by atoms with Gasteiger partial charge in [-0.05, 0) is 29.8 Å². The van der Waals surface area contributed by atoms with E-state index in [-0.39, 0.29) is 27.0 Å². The average molecular weight is 344 g/mol. The van der Waals surface area contributed by atoms with E-state index < -0.39 is 11.7 Å². The fourth-order valence-corrected chi connectivity index (χ4v) is 1.77. The Morgan fingerprint density at radius 1 is 1.05 bits per heavy atom. The van der Waals surface area contributed by atoms with Crippen LogP contribution in [0.4, 0.5) is 24.7 Å². The molecule has 1 heterocycles. The minimum absolute atomic E-state index is 0.0355. The standard InChI is InChI=1S/C10H4Cl3F3N4/c11-5-3-4(10(14,15)16)1-2-6(5)17-8-7(12)19-20-9(13)18-8/h1-3H,(H,17,18,20). The number of halogens is 6. The number of hydrogen-bond donors (Lipinski definition) is 1. The molecule has 20 heavy (non-hydrogen) atoms. The Labute approximate surface area is 125 Å². The van der Waals surface area contributed by atoms with E-state index in [1.807, 2.05) is 0 Å². The lowest BCUT2D eigenvalue weighted by Crippen LogP contribution is -2.05. The number of nitrogens with zero attached hydrogens (tertiary/aromatic N) is 3. The molecule has 10 heteroatoms. The highest BCUT2D eigenvalue weighted by Gasteiger charge is 2.30. The molecule has 0 fully saturated rings. The predicted octanol–water partition coefficient (Wildman–Crippen LogP) is 4.59. The lowest BCUT2D eigenvalue weighted by molar-refractivity contribution is -0.137. The molecule has 0 aliphatic rings. The molecule has 1 N–H and O–H groups in total. The first kappa shape index (κ1) is 15.1. The number of benzene rings is 1. The topological polar surface area (TPSA) is 50.7 Å². The Bertz CT molecular complexity index is 648. The molecule has 0 unspecified atom stereocenters. The molecule has 4 nitrogen and oxygen atoms in total. The van der Waals surface area contributed by atoms with Crippen LogP contribution in [0.3, 0.4) is 0 Å². The highest BCUT2D eigenvalue weighted by Crippen LogP contribution is 2.35. The van der Waals surface area contributed by atoms with Crippen LogP contribution in [0, 0.1) is 0 Å². The summed E-state index contributed by atoms with van der Waals surface area (Å²) in [5.74, 6) is 0.0355. The molecule has 0 aliphatic heterocycles. The van der Waals surface area contributed by atoms with Crippen LogP contribution in [0.15, 0.2) is 18.2 Å². The summed E-state index contributed by atoms with van der Waals surface area (Å²) in [5, 5.41) is 9.12. The predicted molar refractivity (Wildman–Crippen MR) is 69.6 cm³/mol. The fourth-order valence-electron chi connectivity index (χ4n) is 1.29. The quantitative estimate of drug-likeness (QED) is 0.866. The first-order valence-electron chi connectivity index (χ1n) is 4.97. The molecular formula is C10H4Cl3F3N4. The summed E-state index contributed by atoms with van der Waals surface area (Å²) in [5.41, 5.74) is -0.684. The van der Waals surface area contributed by atoms with Crippen molar-refractivity contribution < 1.29 is 13.2 Å². The van der Waals surface area contributed by atoms with Gasteiger partial charge in [0.1, 0.15) is 0 Å². The van der Waals surface area contributed by atoms with Gasteiger partial charge in [-0.25, -0.2) is 0 Å². The second kappa shape index (κ2) is 5.59. The van der Waals surface area contributed by atoms with Crippen molar-refractivity contribution >= 4 is 46.3 Å². The number of anilines is 2. The maximum atomic E-state index is 12.5. The van der Waals surface area contributed by atoms with Crippen molar-refractivity contribution in [3.05, 3.63) is 39.2 Å². The van der Waals surface area contributed by atoms with Crippen molar-refractivity contribution in [1.29, 1.82) is 0 Å². The van der Waals surface area contributed by atoms with Crippen LogP contribution in [0.5, 0.6) is 0 Å². The Kier molecular flexibility index (Phi) is 4.22. The summed E-state index contributed by atoms with van der Waals surface area (Å²) in [7, 11) is 0. The maximum absolute atomic E-state index is 12.5. The number of hydrogen-bond acceptors (Lipinski definition) is 4. The van der Waals surface area contributed by atoms with Gasteiger partial charge in [0.05, 0.1) is 16.3 Å². The van der Waals surface area contributed by atoms with Gasteiger partial charge < -0.3 is 5.32 Å². The van der Waals surface area contributed by atoms with Gasteiger partial charge in [-0.3, -0.25) is 0 Å². The number of aromatic nitrogens is 3. The van der Waals surface area contributed by atoms with Gasteiger partial charge in [0, 0.05) is 0 Å². The average Bonchev–Trinajstić information content (AvgIpc) is 2.35. The minimum Gasteiger partial charge on any atom is -0.336 e. The molecule has 0 bridgehead atoms. The highest BCUT2D eigenvalue weighted by atomic mass is 35.5. The zero-order chi connectivity index (χ0) is 14.9. The molecule has 1 aromatic heterocycles. The monoisotopic (exact) mass is 342 g/mol. The molecule has 0 saturated carbocycles. The van der Waals surface area contributed by atoms with Crippen LogP contribution < -0.4 is 5.32 Å². The van der Waals surface area contributed by atoms with Crippen LogP contribution in [-0.2, 0) is 6.18 Å². The minimum atomic E-state index is -4.47. The molecular weight excluding hydrogens is 339 g/mol. The molecule has 1 aromatic carbocycles. The first-order valence-corrected chi connectivity index (χ1v) is 6.10. The third-order valence-corrected chi connectivity index (χ3v) is 2.90. The summed E-state index contributed by atoms with van der Waals surface area (Å²) in [6.45, 7) is 0. The zero-order valence-electron chi connectivity index (χ0n) is 9.34. The van der Waals surface area contributed by atoms with Crippen molar-refractivity contribution in [1.82, 2.24) is 15.2 Å². The molecule has 0 saturated heterocycles. The number of alkyl halides is 3. The highest BCUT2D eigenvalue weighted by molar-refractivity contribution is 6.34. The largest absolute Gasteiger partial charge is 0.416 e. The van der Waals surface area contributed by atoms with Gasteiger partial charge in [0.25, 0.3) is 0 Å². The van der Waals surface area contributed by atoms with Gasteiger partial charge in [-0.1, -0.05) is 23.2 Å². The van der Waals surface area contributed by atoms with E-state index in [1.54, 1.807) is 0 Å².